The summed E-state index contributed by atoms with van der Waals surface area (Å²) in [7, 11) is 3.64. The molecule has 122 valence electrons. The number of fused-ring (bicyclic) bond motifs is 1. The van der Waals surface area contributed by atoms with Gasteiger partial charge in [0.25, 0.3) is 5.56 Å². The third-order valence-electron chi connectivity index (χ3n) is 4.39. The lowest BCUT2D eigenvalue weighted by Gasteiger charge is -2.20. The van der Waals surface area contributed by atoms with Crippen LogP contribution in [0.25, 0.3) is 0 Å². The topological polar surface area (TPSA) is 72.2 Å². The summed E-state index contributed by atoms with van der Waals surface area (Å²) in [6.07, 6.45) is 5.10. The number of urea groups is 1. The Balaban J connectivity index is 1.72. The average Bonchev–Trinajstić information content (AvgIpc) is 2.76. The molecule has 0 aliphatic carbocycles. The number of hydrogen-bond donors (Lipinski definition) is 1. The molecule has 0 aromatic carbocycles. The Morgan fingerprint density at radius 1 is 1.35 bits per heavy atom. The molecule has 0 saturated carbocycles. The first kappa shape index (κ1) is 15.3. The van der Waals surface area contributed by atoms with Gasteiger partial charge in [0, 0.05) is 45.3 Å². The molecule has 0 saturated heterocycles. The third kappa shape index (κ3) is 2.99. The van der Waals surface area contributed by atoms with Crippen LogP contribution in [0.3, 0.4) is 0 Å². The summed E-state index contributed by atoms with van der Waals surface area (Å²) in [5.74, 6) is 0. The molecule has 1 aliphatic rings. The fourth-order valence-corrected chi connectivity index (χ4v) is 2.98. The van der Waals surface area contributed by atoms with Crippen molar-refractivity contribution in [1.29, 1.82) is 0 Å². The Labute approximate surface area is 134 Å². The van der Waals surface area contributed by atoms with Gasteiger partial charge in [0.2, 0.25) is 0 Å². The summed E-state index contributed by atoms with van der Waals surface area (Å²) in [6.45, 7) is 1.45. The summed E-state index contributed by atoms with van der Waals surface area (Å²) < 4.78 is 3.48. The first-order valence-corrected chi connectivity index (χ1v) is 7.73. The molecule has 0 spiro atoms. The quantitative estimate of drug-likeness (QED) is 0.890. The van der Waals surface area contributed by atoms with E-state index in [2.05, 4.69) is 10.3 Å². The summed E-state index contributed by atoms with van der Waals surface area (Å²) in [6, 6.07) is 3.61. The molecule has 1 aliphatic heterocycles. The van der Waals surface area contributed by atoms with Gasteiger partial charge >= 0.3 is 6.03 Å². The van der Waals surface area contributed by atoms with Crippen LogP contribution < -0.4 is 10.9 Å². The van der Waals surface area contributed by atoms with E-state index < -0.39 is 0 Å². The van der Waals surface area contributed by atoms with Gasteiger partial charge in [-0.2, -0.15) is 0 Å². The van der Waals surface area contributed by atoms with E-state index in [-0.39, 0.29) is 11.6 Å². The first-order valence-electron chi connectivity index (χ1n) is 7.73. The molecule has 7 nitrogen and oxygen atoms in total. The number of hydrogen-bond acceptors (Lipinski definition) is 3. The Bertz CT molecular complexity index is 763. The monoisotopic (exact) mass is 315 g/mol. The Kier molecular flexibility index (Phi) is 4.18. The molecule has 3 rings (SSSR count). The zero-order valence-corrected chi connectivity index (χ0v) is 13.5. The molecule has 0 unspecified atom stereocenters. The lowest BCUT2D eigenvalue weighted by atomic mass is 10.2. The van der Waals surface area contributed by atoms with Gasteiger partial charge in [0.15, 0.2) is 0 Å². The highest BCUT2D eigenvalue weighted by Gasteiger charge is 2.24. The van der Waals surface area contributed by atoms with Crippen molar-refractivity contribution >= 4 is 6.03 Å². The van der Waals surface area contributed by atoms with E-state index in [4.69, 9.17) is 0 Å². The Morgan fingerprint density at radius 2 is 2.17 bits per heavy atom. The van der Waals surface area contributed by atoms with E-state index in [1.165, 1.54) is 0 Å². The SMILES string of the molecule is Cn1c2c(c(=O)n1C)CN(C(=O)NCc1cccnc1)CCC2. The molecule has 7 heteroatoms. The maximum atomic E-state index is 12.4. The molecule has 2 aromatic heterocycles. The Morgan fingerprint density at radius 3 is 2.91 bits per heavy atom. The predicted molar refractivity (Wildman–Crippen MR) is 85.9 cm³/mol. The number of pyridine rings is 1. The summed E-state index contributed by atoms with van der Waals surface area (Å²) in [4.78, 5) is 30.5. The van der Waals surface area contributed by atoms with Gasteiger partial charge in [-0.3, -0.25) is 19.1 Å². The number of carbonyl (C=O) groups excluding carboxylic acids is 1. The van der Waals surface area contributed by atoms with Gasteiger partial charge < -0.3 is 10.2 Å². The first-order chi connectivity index (χ1) is 11.1. The predicted octanol–water partition coefficient (Wildman–Crippen LogP) is 0.777. The molecule has 0 atom stereocenters. The van der Waals surface area contributed by atoms with Crippen LogP contribution in [0.2, 0.25) is 0 Å². The lowest BCUT2D eigenvalue weighted by molar-refractivity contribution is 0.195. The van der Waals surface area contributed by atoms with Gasteiger partial charge in [-0.1, -0.05) is 6.07 Å². The molecule has 1 N–H and O–H groups in total. The van der Waals surface area contributed by atoms with Crippen molar-refractivity contribution in [2.45, 2.75) is 25.9 Å². The van der Waals surface area contributed by atoms with E-state index in [0.717, 1.165) is 29.7 Å². The lowest BCUT2D eigenvalue weighted by Crippen LogP contribution is -2.40. The van der Waals surface area contributed by atoms with Crippen LogP contribution in [0.15, 0.2) is 29.3 Å². The highest BCUT2D eigenvalue weighted by atomic mass is 16.2. The van der Waals surface area contributed by atoms with Crippen LogP contribution in [0.5, 0.6) is 0 Å². The molecule has 0 bridgehead atoms. The van der Waals surface area contributed by atoms with Crippen LogP contribution in [0.1, 0.15) is 23.2 Å². The van der Waals surface area contributed by atoms with Crippen LogP contribution >= 0.6 is 0 Å². The number of nitrogens with one attached hydrogen (secondary N) is 1. The van der Waals surface area contributed by atoms with Gasteiger partial charge in [-0.15, -0.1) is 0 Å². The molecule has 2 amide bonds. The minimum Gasteiger partial charge on any atom is -0.334 e. The van der Waals surface area contributed by atoms with Crippen molar-refractivity contribution in [2.75, 3.05) is 6.54 Å². The second-order valence-corrected chi connectivity index (χ2v) is 5.82. The van der Waals surface area contributed by atoms with Crippen LogP contribution in [-0.2, 0) is 33.6 Å². The number of amides is 2. The van der Waals surface area contributed by atoms with Crippen molar-refractivity contribution in [3.8, 4) is 0 Å². The van der Waals surface area contributed by atoms with E-state index in [1.807, 2.05) is 23.9 Å². The molecule has 0 radical (unpaired) electrons. The van der Waals surface area contributed by atoms with Crippen LogP contribution in [-0.4, -0.2) is 31.8 Å². The van der Waals surface area contributed by atoms with E-state index >= 15 is 0 Å². The number of rotatable bonds is 2. The standard InChI is InChI=1S/C16H21N5O2/c1-19-14-6-4-8-21(11-13(14)15(22)20(19)2)16(23)18-10-12-5-3-7-17-9-12/h3,5,7,9H,4,6,8,10-11H2,1-2H3,(H,18,23). The zero-order chi connectivity index (χ0) is 16.4. The van der Waals surface area contributed by atoms with Gasteiger partial charge in [-0.25, -0.2) is 4.79 Å². The van der Waals surface area contributed by atoms with Crippen molar-refractivity contribution in [2.24, 2.45) is 14.1 Å². The summed E-state index contributed by atoms with van der Waals surface area (Å²) >= 11 is 0. The number of nitrogens with zero attached hydrogens (tertiary/aromatic N) is 4. The molecular formula is C16H21N5O2. The minimum atomic E-state index is -0.146. The molecular weight excluding hydrogens is 294 g/mol. The number of aromatic nitrogens is 3. The van der Waals surface area contributed by atoms with Gasteiger partial charge in [0.05, 0.1) is 12.1 Å². The van der Waals surface area contributed by atoms with Crippen molar-refractivity contribution in [3.05, 3.63) is 51.7 Å². The van der Waals surface area contributed by atoms with Crippen LogP contribution in [0.4, 0.5) is 4.79 Å². The van der Waals surface area contributed by atoms with Crippen molar-refractivity contribution in [1.82, 2.24) is 24.6 Å². The normalized spacial score (nSPS) is 14.3. The van der Waals surface area contributed by atoms with E-state index in [1.54, 1.807) is 29.0 Å². The maximum Gasteiger partial charge on any atom is 0.317 e. The van der Waals surface area contributed by atoms with E-state index in [0.29, 0.717) is 19.6 Å². The zero-order valence-electron chi connectivity index (χ0n) is 13.5. The van der Waals surface area contributed by atoms with Crippen LogP contribution in [0, 0.1) is 0 Å². The highest BCUT2D eigenvalue weighted by Crippen LogP contribution is 2.16. The smallest absolute Gasteiger partial charge is 0.317 e. The van der Waals surface area contributed by atoms with Gasteiger partial charge in [-0.05, 0) is 24.5 Å². The maximum absolute atomic E-state index is 12.4. The summed E-state index contributed by atoms with van der Waals surface area (Å²) in [5, 5.41) is 2.90. The van der Waals surface area contributed by atoms with Crippen molar-refractivity contribution in [3.63, 3.8) is 0 Å². The molecule has 0 fully saturated rings. The highest BCUT2D eigenvalue weighted by molar-refractivity contribution is 5.74. The molecule has 2 aromatic rings. The molecule has 3 heterocycles. The Hall–Kier alpha value is -2.57. The third-order valence-corrected chi connectivity index (χ3v) is 4.39. The minimum absolute atomic E-state index is 0.0190. The second-order valence-electron chi connectivity index (χ2n) is 5.82. The molecule has 23 heavy (non-hydrogen) atoms. The number of carbonyl (C=O) groups is 1. The largest absolute Gasteiger partial charge is 0.334 e. The van der Waals surface area contributed by atoms with Gasteiger partial charge in [0.1, 0.15) is 0 Å². The average molecular weight is 315 g/mol. The fourth-order valence-electron chi connectivity index (χ4n) is 2.98. The van der Waals surface area contributed by atoms with E-state index in [9.17, 15) is 9.59 Å². The second kappa shape index (κ2) is 6.28. The fraction of sp³-hybridized carbons (Fsp3) is 0.438. The van der Waals surface area contributed by atoms with Crippen molar-refractivity contribution < 1.29 is 4.79 Å². The summed E-state index contributed by atoms with van der Waals surface area (Å²) in [5.41, 5.74) is 2.69.